The Labute approximate surface area is 143 Å². The van der Waals surface area contributed by atoms with E-state index in [0.29, 0.717) is 23.0 Å². The van der Waals surface area contributed by atoms with E-state index in [4.69, 9.17) is 0 Å². The van der Waals surface area contributed by atoms with Crippen LogP contribution in [-0.4, -0.2) is 45.8 Å². The number of nitrogens with one attached hydrogen (secondary N) is 2. The average molecular weight is 337 g/mol. The van der Waals surface area contributed by atoms with Crippen LogP contribution in [0.15, 0.2) is 12.3 Å². The van der Waals surface area contributed by atoms with Crippen molar-refractivity contribution in [1.29, 1.82) is 0 Å². The molecule has 0 spiro atoms. The number of thioether (sulfide) groups is 1. The summed E-state index contributed by atoms with van der Waals surface area (Å²) in [5, 5.41) is 11.8. The van der Waals surface area contributed by atoms with Gasteiger partial charge in [0.2, 0.25) is 0 Å². The number of amides is 1. The van der Waals surface area contributed by atoms with E-state index in [0.717, 1.165) is 38.1 Å². The topological polar surface area (TPSA) is 59.0 Å². The molecule has 3 atom stereocenters. The number of piperidine rings is 1. The Balaban J connectivity index is 1.54. The summed E-state index contributed by atoms with van der Waals surface area (Å²) in [6.07, 6.45) is 8.94. The molecule has 5 nitrogen and oxygen atoms in total. The van der Waals surface area contributed by atoms with E-state index in [1.807, 2.05) is 28.7 Å². The van der Waals surface area contributed by atoms with Crippen molar-refractivity contribution in [3.8, 4) is 0 Å². The van der Waals surface area contributed by atoms with E-state index in [-0.39, 0.29) is 5.91 Å². The largest absolute Gasteiger partial charge is 0.348 e. The van der Waals surface area contributed by atoms with E-state index < -0.39 is 0 Å². The van der Waals surface area contributed by atoms with Crippen LogP contribution in [0.3, 0.4) is 0 Å². The van der Waals surface area contributed by atoms with Crippen molar-refractivity contribution in [3.63, 3.8) is 0 Å². The third-order valence-electron chi connectivity index (χ3n) is 4.85. The van der Waals surface area contributed by atoms with E-state index in [9.17, 15) is 4.79 Å². The first-order chi connectivity index (χ1) is 11.3. The zero-order valence-corrected chi connectivity index (χ0v) is 14.8. The number of aromatic nitrogens is 2. The number of carbonyl (C=O) groups excluding carboxylic acids is 1. The maximum absolute atomic E-state index is 12.5. The number of rotatable bonds is 5. The summed E-state index contributed by atoms with van der Waals surface area (Å²) in [5.74, 6) is 1.14. The van der Waals surface area contributed by atoms with Crippen LogP contribution in [0.1, 0.15) is 62.0 Å². The van der Waals surface area contributed by atoms with Crippen LogP contribution in [-0.2, 0) is 0 Å². The van der Waals surface area contributed by atoms with E-state index in [2.05, 4.69) is 22.7 Å². The van der Waals surface area contributed by atoms with Crippen molar-refractivity contribution in [2.24, 2.45) is 0 Å². The highest BCUT2D eigenvalue weighted by atomic mass is 32.2. The minimum Gasteiger partial charge on any atom is -0.348 e. The SMILES string of the molecule is CCSC1CCCC(NC(=O)c2ccn(C3CCCNC3)n2)C1. The summed E-state index contributed by atoms with van der Waals surface area (Å²) < 4.78 is 1.96. The Bertz CT molecular complexity index is 510. The summed E-state index contributed by atoms with van der Waals surface area (Å²) >= 11 is 2.02. The summed E-state index contributed by atoms with van der Waals surface area (Å²) in [6, 6.07) is 2.54. The molecular weight excluding hydrogens is 308 g/mol. The third-order valence-corrected chi connectivity index (χ3v) is 6.08. The predicted molar refractivity (Wildman–Crippen MR) is 95.0 cm³/mol. The standard InChI is InChI=1S/C17H28N4OS/c1-2-23-15-7-3-5-13(11-15)19-17(22)16-8-10-21(20-16)14-6-4-9-18-12-14/h8,10,13-15,18H,2-7,9,11-12H2,1H3,(H,19,22). The van der Waals surface area contributed by atoms with Crippen molar-refractivity contribution in [2.75, 3.05) is 18.8 Å². The molecule has 1 aliphatic heterocycles. The van der Waals surface area contributed by atoms with Gasteiger partial charge in [0.25, 0.3) is 5.91 Å². The number of nitrogens with zero attached hydrogens (tertiary/aromatic N) is 2. The number of carbonyl (C=O) groups is 1. The summed E-state index contributed by atoms with van der Waals surface area (Å²) in [7, 11) is 0. The van der Waals surface area contributed by atoms with Gasteiger partial charge in [-0.25, -0.2) is 0 Å². The molecule has 2 heterocycles. The molecule has 1 saturated heterocycles. The van der Waals surface area contributed by atoms with Crippen LogP contribution >= 0.6 is 11.8 Å². The lowest BCUT2D eigenvalue weighted by atomic mass is 9.95. The third kappa shape index (κ3) is 4.51. The van der Waals surface area contributed by atoms with Crippen molar-refractivity contribution in [2.45, 2.75) is 62.8 Å². The van der Waals surface area contributed by atoms with Gasteiger partial charge in [-0.1, -0.05) is 13.3 Å². The van der Waals surface area contributed by atoms with Gasteiger partial charge in [-0.3, -0.25) is 9.48 Å². The fraction of sp³-hybridized carbons (Fsp3) is 0.765. The maximum Gasteiger partial charge on any atom is 0.271 e. The smallest absolute Gasteiger partial charge is 0.271 e. The first-order valence-electron chi connectivity index (χ1n) is 8.94. The molecule has 3 unspecified atom stereocenters. The van der Waals surface area contributed by atoms with Crippen LogP contribution in [0.2, 0.25) is 0 Å². The monoisotopic (exact) mass is 336 g/mol. The molecule has 0 bridgehead atoms. The zero-order valence-electron chi connectivity index (χ0n) is 14.0. The molecule has 2 N–H and O–H groups in total. The van der Waals surface area contributed by atoms with Crippen LogP contribution in [0.25, 0.3) is 0 Å². The van der Waals surface area contributed by atoms with Crippen molar-refractivity contribution in [3.05, 3.63) is 18.0 Å². The highest BCUT2D eigenvalue weighted by Gasteiger charge is 2.24. The second-order valence-corrected chi connectivity index (χ2v) is 8.17. The molecule has 3 rings (SSSR count). The molecule has 1 saturated carbocycles. The van der Waals surface area contributed by atoms with Crippen LogP contribution < -0.4 is 10.6 Å². The van der Waals surface area contributed by atoms with Gasteiger partial charge in [0, 0.05) is 24.0 Å². The Hall–Kier alpha value is -1.01. The van der Waals surface area contributed by atoms with E-state index in [1.165, 1.54) is 19.3 Å². The maximum atomic E-state index is 12.5. The van der Waals surface area contributed by atoms with Gasteiger partial charge in [0.1, 0.15) is 5.69 Å². The number of hydrogen-bond acceptors (Lipinski definition) is 4. The molecule has 1 aliphatic carbocycles. The normalized spacial score (nSPS) is 28.5. The summed E-state index contributed by atoms with van der Waals surface area (Å²) in [6.45, 7) is 4.24. The lowest BCUT2D eigenvalue weighted by Gasteiger charge is -2.29. The fourth-order valence-corrected chi connectivity index (χ4v) is 4.82. The van der Waals surface area contributed by atoms with Gasteiger partial charge in [-0.2, -0.15) is 16.9 Å². The molecule has 23 heavy (non-hydrogen) atoms. The second-order valence-electron chi connectivity index (χ2n) is 6.60. The van der Waals surface area contributed by atoms with Gasteiger partial charge >= 0.3 is 0 Å². The molecule has 0 radical (unpaired) electrons. The zero-order chi connectivity index (χ0) is 16.1. The summed E-state index contributed by atoms with van der Waals surface area (Å²) in [4.78, 5) is 12.5. The van der Waals surface area contributed by atoms with Gasteiger partial charge in [0.05, 0.1) is 6.04 Å². The minimum atomic E-state index is -0.0142. The minimum absolute atomic E-state index is 0.0142. The Morgan fingerprint density at radius 3 is 3.13 bits per heavy atom. The lowest BCUT2D eigenvalue weighted by molar-refractivity contribution is 0.0922. The molecule has 128 valence electrons. The van der Waals surface area contributed by atoms with Crippen molar-refractivity contribution < 1.29 is 4.79 Å². The first kappa shape index (κ1) is 16.8. The fourth-order valence-electron chi connectivity index (χ4n) is 3.64. The molecule has 0 aromatic carbocycles. The van der Waals surface area contributed by atoms with Gasteiger partial charge in [-0.05, 0) is 50.5 Å². The Morgan fingerprint density at radius 2 is 2.35 bits per heavy atom. The Morgan fingerprint density at radius 1 is 1.43 bits per heavy atom. The summed E-state index contributed by atoms with van der Waals surface area (Å²) in [5.41, 5.74) is 0.556. The molecule has 1 aromatic heterocycles. The predicted octanol–water partition coefficient (Wildman–Crippen LogP) is 2.60. The Kier molecular flexibility index (Phi) is 6.00. The highest BCUT2D eigenvalue weighted by molar-refractivity contribution is 7.99. The average Bonchev–Trinajstić information content (AvgIpc) is 3.06. The highest BCUT2D eigenvalue weighted by Crippen LogP contribution is 2.28. The van der Waals surface area contributed by atoms with E-state index >= 15 is 0 Å². The van der Waals surface area contributed by atoms with Crippen LogP contribution in [0.5, 0.6) is 0 Å². The number of hydrogen-bond donors (Lipinski definition) is 2. The van der Waals surface area contributed by atoms with Gasteiger partial charge in [0.15, 0.2) is 0 Å². The quantitative estimate of drug-likeness (QED) is 0.868. The van der Waals surface area contributed by atoms with Crippen molar-refractivity contribution in [1.82, 2.24) is 20.4 Å². The first-order valence-corrected chi connectivity index (χ1v) is 9.99. The molecule has 6 heteroatoms. The van der Waals surface area contributed by atoms with Gasteiger partial charge < -0.3 is 10.6 Å². The van der Waals surface area contributed by atoms with Crippen LogP contribution in [0.4, 0.5) is 0 Å². The molecular formula is C17H28N4OS. The second kappa shape index (κ2) is 8.20. The van der Waals surface area contributed by atoms with Crippen molar-refractivity contribution >= 4 is 17.7 Å². The molecule has 1 aromatic rings. The van der Waals surface area contributed by atoms with Gasteiger partial charge in [-0.15, -0.1) is 0 Å². The molecule has 2 aliphatic rings. The van der Waals surface area contributed by atoms with Crippen LogP contribution in [0, 0.1) is 0 Å². The molecule has 2 fully saturated rings. The lowest BCUT2D eigenvalue weighted by Crippen LogP contribution is -2.39. The molecule has 1 amide bonds. The van der Waals surface area contributed by atoms with E-state index in [1.54, 1.807) is 0 Å².